The molecule has 0 saturated heterocycles. The van der Waals surface area contributed by atoms with Crippen LogP contribution in [-0.4, -0.2) is 11.1 Å². The largest absolute Gasteiger partial charge is 0.242 e. The minimum Gasteiger partial charge on any atom is -0.242 e. The zero-order valence-corrected chi connectivity index (χ0v) is 6.54. The minimum absolute atomic E-state index is 0.113. The summed E-state index contributed by atoms with van der Waals surface area (Å²) in [6, 6.07) is 3.15. The fourth-order valence-electron chi connectivity index (χ4n) is 0.624. The van der Waals surface area contributed by atoms with E-state index >= 15 is 0 Å². The van der Waals surface area contributed by atoms with E-state index in [0.29, 0.717) is 0 Å². The first-order chi connectivity index (χ1) is 5.77. The van der Waals surface area contributed by atoms with Gasteiger partial charge in [0.05, 0.1) is 16.9 Å². The van der Waals surface area contributed by atoms with Gasteiger partial charge in [-0.15, -0.1) is 0 Å². The van der Waals surface area contributed by atoms with Crippen LogP contribution in [0.4, 0.5) is 5.69 Å². The van der Waals surface area contributed by atoms with E-state index in [2.05, 4.69) is 9.98 Å². The zero-order chi connectivity index (χ0) is 8.97. The van der Waals surface area contributed by atoms with E-state index in [1.54, 1.807) is 6.07 Å². The highest BCUT2D eigenvalue weighted by atomic mass is 35.5. The Bertz CT molecular complexity index is 390. The van der Waals surface area contributed by atoms with Crippen LogP contribution in [-0.2, 0) is 4.79 Å². The van der Waals surface area contributed by atoms with Crippen molar-refractivity contribution in [2.75, 3.05) is 0 Å². The molecule has 0 N–H and O–H groups in total. The molecule has 0 spiro atoms. The quantitative estimate of drug-likeness (QED) is 0.486. The highest BCUT2D eigenvalue weighted by Gasteiger charge is 2.00. The number of pyridine rings is 1. The SMILES string of the molecule is N#Cc1ncc(N=C=O)cc1Cl. The number of rotatable bonds is 1. The van der Waals surface area contributed by atoms with Gasteiger partial charge in [-0.1, -0.05) is 11.6 Å². The Morgan fingerprint density at radius 2 is 2.42 bits per heavy atom. The summed E-state index contributed by atoms with van der Waals surface area (Å²) in [4.78, 5) is 16.7. The third-order valence-electron chi connectivity index (χ3n) is 1.11. The first kappa shape index (κ1) is 8.41. The number of halogens is 1. The molecule has 1 rings (SSSR count). The Morgan fingerprint density at radius 3 is 2.92 bits per heavy atom. The molecule has 1 aromatic rings. The summed E-state index contributed by atoms with van der Waals surface area (Å²) in [6.07, 6.45) is 2.62. The molecule has 0 unspecified atom stereocenters. The molecule has 0 aliphatic heterocycles. The molecule has 0 atom stereocenters. The molecule has 0 saturated carbocycles. The molecule has 0 bridgehead atoms. The summed E-state index contributed by atoms with van der Waals surface area (Å²) in [5.74, 6) is 0. The van der Waals surface area contributed by atoms with Crippen LogP contribution in [0.15, 0.2) is 17.3 Å². The lowest BCUT2D eigenvalue weighted by Crippen LogP contribution is -1.81. The zero-order valence-electron chi connectivity index (χ0n) is 5.78. The standard InChI is InChI=1S/C7H2ClN3O/c8-6-1-5(11-4-12)3-10-7(6)2-9/h1,3H. The van der Waals surface area contributed by atoms with Gasteiger partial charge in [-0.2, -0.15) is 10.3 Å². The minimum atomic E-state index is 0.113. The molecule has 0 amide bonds. The Labute approximate surface area is 73.1 Å². The molecular formula is C7H2ClN3O. The lowest BCUT2D eigenvalue weighted by atomic mass is 10.3. The van der Waals surface area contributed by atoms with E-state index in [1.807, 2.05) is 0 Å². The van der Waals surface area contributed by atoms with Crippen LogP contribution >= 0.6 is 11.6 Å². The number of nitriles is 1. The van der Waals surface area contributed by atoms with Crippen molar-refractivity contribution in [2.45, 2.75) is 0 Å². The highest BCUT2D eigenvalue weighted by molar-refractivity contribution is 6.31. The van der Waals surface area contributed by atoms with Gasteiger partial charge >= 0.3 is 0 Å². The Morgan fingerprint density at radius 1 is 1.67 bits per heavy atom. The maximum absolute atomic E-state index is 9.81. The average molecular weight is 180 g/mol. The van der Waals surface area contributed by atoms with Crippen LogP contribution < -0.4 is 0 Å². The van der Waals surface area contributed by atoms with Gasteiger partial charge in [0.2, 0.25) is 6.08 Å². The Kier molecular flexibility index (Phi) is 2.54. The molecular weight excluding hydrogens is 178 g/mol. The van der Waals surface area contributed by atoms with Crippen molar-refractivity contribution >= 4 is 23.4 Å². The monoisotopic (exact) mass is 179 g/mol. The van der Waals surface area contributed by atoms with Gasteiger partial charge in [-0.25, -0.2) is 9.78 Å². The summed E-state index contributed by atoms with van der Waals surface area (Å²) in [6.45, 7) is 0. The van der Waals surface area contributed by atoms with Crippen LogP contribution in [0.25, 0.3) is 0 Å². The van der Waals surface area contributed by atoms with Crippen LogP contribution in [0.2, 0.25) is 5.02 Å². The molecule has 12 heavy (non-hydrogen) atoms. The van der Waals surface area contributed by atoms with E-state index in [1.165, 1.54) is 18.3 Å². The highest BCUT2D eigenvalue weighted by Crippen LogP contribution is 2.18. The number of aliphatic imine (C=N–C) groups is 1. The van der Waals surface area contributed by atoms with E-state index in [4.69, 9.17) is 16.9 Å². The van der Waals surface area contributed by atoms with Crippen molar-refractivity contribution in [1.82, 2.24) is 4.98 Å². The second-order valence-electron chi connectivity index (χ2n) is 1.84. The van der Waals surface area contributed by atoms with Crippen LogP contribution in [0, 0.1) is 11.3 Å². The number of nitrogens with zero attached hydrogens (tertiary/aromatic N) is 3. The maximum atomic E-state index is 9.81. The lowest BCUT2D eigenvalue weighted by molar-refractivity contribution is 0.565. The Hall–Kier alpha value is -1.69. The van der Waals surface area contributed by atoms with Crippen molar-refractivity contribution in [2.24, 2.45) is 4.99 Å². The van der Waals surface area contributed by atoms with Gasteiger partial charge in [-0.3, -0.25) is 0 Å². The summed E-state index contributed by atoms with van der Waals surface area (Å²) in [7, 11) is 0. The average Bonchev–Trinajstić information content (AvgIpc) is 2.05. The molecule has 0 aliphatic carbocycles. The van der Waals surface area contributed by atoms with E-state index in [9.17, 15) is 4.79 Å². The van der Waals surface area contributed by atoms with Crippen molar-refractivity contribution in [3.63, 3.8) is 0 Å². The molecule has 0 fully saturated rings. The first-order valence-corrected chi connectivity index (χ1v) is 3.29. The van der Waals surface area contributed by atoms with Crippen LogP contribution in [0.5, 0.6) is 0 Å². The first-order valence-electron chi connectivity index (χ1n) is 2.91. The van der Waals surface area contributed by atoms with E-state index in [0.717, 1.165) is 0 Å². The molecule has 4 nitrogen and oxygen atoms in total. The number of hydrogen-bond acceptors (Lipinski definition) is 4. The van der Waals surface area contributed by atoms with Gasteiger partial charge in [0.1, 0.15) is 6.07 Å². The number of isocyanates is 1. The summed E-state index contributed by atoms with van der Waals surface area (Å²) in [5, 5.41) is 8.61. The van der Waals surface area contributed by atoms with E-state index < -0.39 is 0 Å². The summed E-state index contributed by atoms with van der Waals surface area (Å²) in [5.41, 5.74) is 0.399. The van der Waals surface area contributed by atoms with Gasteiger partial charge in [0.15, 0.2) is 5.69 Å². The van der Waals surface area contributed by atoms with Crippen molar-refractivity contribution in [3.05, 3.63) is 23.0 Å². The fourth-order valence-corrected chi connectivity index (χ4v) is 0.827. The third-order valence-corrected chi connectivity index (χ3v) is 1.40. The predicted molar refractivity (Wildman–Crippen MR) is 41.7 cm³/mol. The second-order valence-corrected chi connectivity index (χ2v) is 2.25. The maximum Gasteiger partial charge on any atom is 0.240 e. The normalized spacial score (nSPS) is 8.33. The number of hydrogen-bond donors (Lipinski definition) is 0. The molecule has 0 aromatic carbocycles. The molecule has 58 valence electrons. The number of carbonyl (C=O) groups excluding carboxylic acids is 1. The van der Waals surface area contributed by atoms with Crippen molar-refractivity contribution in [3.8, 4) is 6.07 Å². The predicted octanol–water partition coefficient (Wildman–Crippen LogP) is 1.57. The van der Waals surface area contributed by atoms with Crippen molar-refractivity contribution < 1.29 is 4.79 Å². The van der Waals surface area contributed by atoms with Gasteiger partial charge in [0.25, 0.3) is 0 Å². The summed E-state index contributed by atoms with van der Waals surface area (Å²) < 4.78 is 0. The smallest absolute Gasteiger partial charge is 0.240 e. The van der Waals surface area contributed by atoms with Gasteiger partial charge in [0, 0.05) is 0 Å². The molecule has 5 heteroatoms. The number of aromatic nitrogens is 1. The van der Waals surface area contributed by atoms with Gasteiger partial charge in [-0.05, 0) is 6.07 Å². The Balaban J connectivity index is 3.20. The second kappa shape index (κ2) is 3.63. The topological polar surface area (TPSA) is 66.1 Å². The summed E-state index contributed by atoms with van der Waals surface area (Å²) >= 11 is 5.59. The molecule has 1 heterocycles. The molecule has 1 aromatic heterocycles. The van der Waals surface area contributed by atoms with E-state index in [-0.39, 0.29) is 16.4 Å². The molecule has 0 aliphatic rings. The van der Waals surface area contributed by atoms with Crippen LogP contribution in [0.3, 0.4) is 0 Å². The van der Waals surface area contributed by atoms with Crippen molar-refractivity contribution in [1.29, 1.82) is 5.26 Å². The molecule has 0 radical (unpaired) electrons. The van der Waals surface area contributed by atoms with Crippen LogP contribution in [0.1, 0.15) is 5.69 Å². The van der Waals surface area contributed by atoms with Gasteiger partial charge < -0.3 is 0 Å². The fraction of sp³-hybridized carbons (Fsp3) is 0. The lowest BCUT2D eigenvalue weighted by Gasteiger charge is -1.92. The third kappa shape index (κ3) is 1.67.